The second-order valence-corrected chi connectivity index (χ2v) is 5.05. The number of amides is 1. The molecule has 0 aromatic rings. The third kappa shape index (κ3) is 2.70. The molecular formula is C11H19N5O. The van der Waals surface area contributed by atoms with Crippen LogP contribution in [0.3, 0.4) is 0 Å². The van der Waals surface area contributed by atoms with E-state index in [0.29, 0.717) is 19.5 Å². The second-order valence-electron chi connectivity index (χ2n) is 5.05. The van der Waals surface area contributed by atoms with Crippen LogP contribution in [0.5, 0.6) is 0 Å². The molecule has 6 heteroatoms. The topological polar surface area (TPSA) is 95.1 Å². The van der Waals surface area contributed by atoms with Gasteiger partial charge in [-0.3, -0.25) is 4.79 Å². The molecule has 0 aromatic heterocycles. The molecule has 0 bridgehead atoms. The maximum Gasteiger partial charge on any atom is 0.223 e. The summed E-state index contributed by atoms with van der Waals surface area (Å²) in [4.78, 5) is 16.6. The van der Waals surface area contributed by atoms with Crippen molar-refractivity contribution >= 4 is 5.91 Å². The fraction of sp³-hybridized carbons (Fsp3) is 0.909. The average molecular weight is 237 g/mol. The number of hydrogen-bond acceptors (Lipinski definition) is 3. The fourth-order valence-electron chi connectivity index (χ4n) is 2.93. The van der Waals surface area contributed by atoms with Gasteiger partial charge in [0.1, 0.15) is 0 Å². The highest BCUT2D eigenvalue weighted by Crippen LogP contribution is 2.28. The quantitative estimate of drug-likeness (QED) is 0.456. The summed E-state index contributed by atoms with van der Waals surface area (Å²) in [6.45, 7) is 1.12. The predicted molar refractivity (Wildman–Crippen MR) is 64.1 cm³/mol. The van der Waals surface area contributed by atoms with Gasteiger partial charge in [-0.15, -0.1) is 0 Å². The first-order chi connectivity index (χ1) is 8.22. The molecule has 1 aliphatic heterocycles. The molecule has 2 fully saturated rings. The minimum absolute atomic E-state index is 0.117. The lowest BCUT2D eigenvalue weighted by Crippen LogP contribution is -2.50. The number of likely N-dealkylation sites (tertiary alicyclic amines) is 1. The van der Waals surface area contributed by atoms with Gasteiger partial charge in [-0.1, -0.05) is 18.0 Å². The van der Waals surface area contributed by atoms with Crippen molar-refractivity contribution in [2.24, 2.45) is 16.8 Å². The van der Waals surface area contributed by atoms with Gasteiger partial charge < -0.3 is 10.6 Å². The van der Waals surface area contributed by atoms with E-state index in [1.165, 1.54) is 6.42 Å². The van der Waals surface area contributed by atoms with Crippen molar-refractivity contribution in [3.05, 3.63) is 10.4 Å². The zero-order valence-electron chi connectivity index (χ0n) is 9.96. The predicted octanol–water partition coefficient (Wildman–Crippen LogP) is 1.42. The maximum absolute atomic E-state index is 11.9. The first-order valence-corrected chi connectivity index (χ1v) is 6.28. The van der Waals surface area contributed by atoms with Crippen molar-refractivity contribution in [1.29, 1.82) is 0 Å². The van der Waals surface area contributed by atoms with E-state index < -0.39 is 0 Å². The molecule has 1 amide bonds. The Morgan fingerprint density at radius 2 is 2.24 bits per heavy atom. The zero-order valence-corrected chi connectivity index (χ0v) is 9.96. The summed E-state index contributed by atoms with van der Waals surface area (Å²) < 4.78 is 0. The van der Waals surface area contributed by atoms with Crippen molar-refractivity contribution in [3.63, 3.8) is 0 Å². The highest BCUT2D eigenvalue weighted by Gasteiger charge is 2.37. The molecule has 1 saturated heterocycles. The smallest absolute Gasteiger partial charge is 0.223 e. The molecule has 0 spiro atoms. The second kappa shape index (κ2) is 5.38. The van der Waals surface area contributed by atoms with Crippen LogP contribution >= 0.6 is 0 Å². The summed E-state index contributed by atoms with van der Waals surface area (Å²) in [7, 11) is 0. The van der Waals surface area contributed by atoms with Gasteiger partial charge in [-0.25, -0.2) is 0 Å². The number of azide groups is 1. The van der Waals surface area contributed by atoms with Crippen molar-refractivity contribution < 1.29 is 4.79 Å². The van der Waals surface area contributed by atoms with Gasteiger partial charge in [0, 0.05) is 36.5 Å². The molecule has 94 valence electrons. The van der Waals surface area contributed by atoms with E-state index in [9.17, 15) is 4.79 Å². The summed E-state index contributed by atoms with van der Waals surface area (Å²) in [5.41, 5.74) is 14.4. The van der Waals surface area contributed by atoms with Crippen molar-refractivity contribution in [2.45, 2.75) is 44.2 Å². The monoisotopic (exact) mass is 237 g/mol. The molecule has 0 aromatic carbocycles. The van der Waals surface area contributed by atoms with Crippen molar-refractivity contribution in [2.75, 3.05) is 13.1 Å². The van der Waals surface area contributed by atoms with Gasteiger partial charge in [0.05, 0.1) is 0 Å². The largest absolute Gasteiger partial charge is 0.338 e. The van der Waals surface area contributed by atoms with Crippen LogP contribution in [0, 0.1) is 5.92 Å². The molecular weight excluding hydrogens is 218 g/mol. The van der Waals surface area contributed by atoms with E-state index in [0.717, 1.165) is 19.3 Å². The van der Waals surface area contributed by atoms with Crippen molar-refractivity contribution in [1.82, 2.24) is 4.90 Å². The van der Waals surface area contributed by atoms with E-state index in [-0.39, 0.29) is 23.9 Å². The standard InChI is InChI=1S/C11H19N5O/c12-9-3-1-2-4-10(9)16-7-8(5-11(16)17)6-14-15-13/h8-10H,1-7,12H2/t8?,9-,10+/m1/s1. The summed E-state index contributed by atoms with van der Waals surface area (Å²) in [5, 5.41) is 3.56. The normalized spacial score (nSPS) is 33.6. The molecule has 2 aliphatic rings. The Balaban J connectivity index is 1.96. The Kier molecular flexibility index (Phi) is 3.86. The van der Waals surface area contributed by atoms with Gasteiger partial charge in [-0.2, -0.15) is 0 Å². The van der Waals surface area contributed by atoms with Crippen LogP contribution in [0.1, 0.15) is 32.1 Å². The molecule has 1 unspecified atom stereocenters. The molecule has 1 saturated carbocycles. The molecule has 1 heterocycles. The maximum atomic E-state index is 11.9. The fourth-order valence-corrected chi connectivity index (χ4v) is 2.93. The van der Waals surface area contributed by atoms with E-state index in [2.05, 4.69) is 10.0 Å². The Bertz CT molecular complexity index is 339. The molecule has 0 radical (unpaired) electrons. The molecule has 3 atom stereocenters. The van der Waals surface area contributed by atoms with Crippen LogP contribution in [0.4, 0.5) is 0 Å². The third-order valence-corrected chi connectivity index (χ3v) is 3.82. The van der Waals surface area contributed by atoms with Gasteiger partial charge in [-0.05, 0) is 24.3 Å². The van der Waals surface area contributed by atoms with Gasteiger partial charge in [0.2, 0.25) is 5.91 Å². The van der Waals surface area contributed by atoms with Crippen molar-refractivity contribution in [3.8, 4) is 0 Å². The zero-order chi connectivity index (χ0) is 12.3. The summed E-state index contributed by atoms with van der Waals surface area (Å²) >= 11 is 0. The number of carbonyl (C=O) groups excluding carboxylic acids is 1. The minimum Gasteiger partial charge on any atom is -0.338 e. The first-order valence-electron chi connectivity index (χ1n) is 6.28. The van der Waals surface area contributed by atoms with E-state index in [1.54, 1.807) is 0 Å². The van der Waals surface area contributed by atoms with Crippen LogP contribution < -0.4 is 5.73 Å². The van der Waals surface area contributed by atoms with Gasteiger partial charge in [0.25, 0.3) is 0 Å². The number of nitrogens with two attached hydrogens (primary N) is 1. The molecule has 17 heavy (non-hydrogen) atoms. The summed E-state index contributed by atoms with van der Waals surface area (Å²) in [5.74, 6) is 0.345. The molecule has 6 nitrogen and oxygen atoms in total. The number of rotatable bonds is 3. The van der Waals surface area contributed by atoms with E-state index >= 15 is 0 Å². The van der Waals surface area contributed by atoms with E-state index in [1.807, 2.05) is 4.90 Å². The molecule has 1 aliphatic carbocycles. The van der Waals surface area contributed by atoms with Crippen LogP contribution in [-0.2, 0) is 4.79 Å². The van der Waals surface area contributed by atoms with Crippen LogP contribution in [0.2, 0.25) is 0 Å². The lowest BCUT2D eigenvalue weighted by molar-refractivity contribution is -0.130. The lowest BCUT2D eigenvalue weighted by atomic mass is 9.90. The van der Waals surface area contributed by atoms with E-state index in [4.69, 9.17) is 11.3 Å². The lowest BCUT2D eigenvalue weighted by Gasteiger charge is -2.36. The average Bonchev–Trinajstić information content (AvgIpc) is 2.68. The highest BCUT2D eigenvalue weighted by atomic mass is 16.2. The third-order valence-electron chi connectivity index (χ3n) is 3.82. The summed E-state index contributed by atoms with van der Waals surface area (Å²) in [6, 6.07) is 0.318. The Labute approximate surface area is 101 Å². The highest BCUT2D eigenvalue weighted by molar-refractivity contribution is 5.79. The SMILES string of the molecule is [N-]=[N+]=NCC1CC(=O)N([C@H]2CCCC[C@H]2N)C1. The van der Waals surface area contributed by atoms with Crippen LogP contribution in [0.15, 0.2) is 5.11 Å². The number of hydrogen-bond donors (Lipinski definition) is 1. The van der Waals surface area contributed by atoms with Gasteiger partial charge >= 0.3 is 0 Å². The van der Waals surface area contributed by atoms with Crippen LogP contribution in [-0.4, -0.2) is 36.0 Å². The summed E-state index contributed by atoms with van der Waals surface area (Å²) in [6.07, 6.45) is 4.85. The minimum atomic E-state index is 0.117. The van der Waals surface area contributed by atoms with Crippen LogP contribution in [0.25, 0.3) is 10.4 Å². The first kappa shape index (κ1) is 12.2. The molecule has 2 N–H and O–H groups in total. The Hall–Kier alpha value is -1.26. The number of nitrogens with zero attached hydrogens (tertiary/aromatic N) is 4. The Morgan fingerprint density at radius 3 is 2.94 bits per heavy atom. The number of carbonyl (C=O) groups is 1. The molecule has 2 rings (SSSR count). The Morgan fingerprint density at radius 1 is 1.47 bits per heavy atom. The van der Waals surface area contributed by atoms with Gasteiger partial charge in [0.15, 0.2) is 0 Å².